The number of benzene rings is 2. The monoisotopic (exact) mass is 808 g/mol. The van der Waals surface area contributed by atoms with Gasteiger partial charge in [-0.1, -0.05) is 68.4 Å². The third-order valence-corrected chi connectivity index (χ3v) is 8.83. The van der Waals surface area contributed by atoms with Crippen LogP contribution in [0.4, 0.5) is 0 Å². The molecular weight excluding hydrogens is 752 g/mol. The maximum atomic E-state index is 13.6. The summed E-state index contributed by atoms with van der Waals surface area (Å²) >= 11 is 0. The number of nitrogens with zero attached hydrogens (tertiary/aromatic N) is 1. The maximum absolute atomic E-state index is 13.6. The summed E-state index contributed by atoms with van der Waals surface area (Å²) < 4.78 is 0. The lowest BCUT2D eigenvalue weighted by Crippen LogP contribution is -2.60. The molecule has 19 nitrogen and oxygen atoms in total. The van der Waals surface area contributed by atoms with Crippen molar-refractivity contribution in [3.63, 3.8) is 0 Å². The second-order valence-corrected chi connectivity index (χ2v) is 14.0. The van der Waals surface area contributed by atoms with Crippen LogP contribution >= 0.6 is 0 Å². The van der Waals surface area contributed by atoms with Gasteiger partial charge in [-0.2, -0.15) is 0 Å². The first-order chi connectivity index (χ1) is 27.4. The minimum Gasteiger partial charge on any atom is -0.481 e. The van der Waals surface area contributed by atoms with Crippen molar-refractivity contribution >= 4 is 53.2 Å². The van der Waals surface area contributed by atoms with Crippen molar-refractivity contribution in [3.8, 4) is 0 Å². The average molecular weight is 809 g/mol. The molecule has 0 aliphatic heterocycles. The summed E-state index contributed by atoms with van der Waals surface area (Å²) in [4.78, 5) is 107. The fourth-order valence-corrected chi connectivity index (χ4v) is 5.77. The molecule has 0 unspecified atom stereocenters. The SMILES string of the molecule is CC(=O)N[C@@H](CCCN=C(N)N)C(=O)N[C@@H](CCCCN)C(=O)N[C@@H](CC(=O)O)C(=O)N[C@H](C(=O)N[C@@H](Cc1ccc(C(=O)c2ccccc2)cc1)C(N)=O)C(C)C. The number of nitrogens with two attached hydrogens (primary N) is 4. The number of aliphatic carboxylic acids is 1. The minimum atomic E-state index is -1.71. The topological polar surface area (TPSA) is 333 Å². The maximum Gasteiger partial charge on any atom is 0.305 e. The van der Waals surface area contributed by atoms with Gasteiger partial charge in [-0.25, -0.2) is 0 Å². The molecule has 19 heteroatoms. The first kappa shape index (κ1) is 47.8. The Balaban J connectivity index is 2.22. The summed E-state index contributed by atoms with van der Waals surface area (Å²) in [6, 6.07) is 8.48. The summed E-state index contributed by atoms with van der Waals surface area (Å²) in [5.41, 5.74) is 23.4. The van der Waals surface area contributed by atoms with Gasteiger partial charge in [-0.15, -0.1) is 0 Å². The number of carboxylic acid groups (broad SMARTS) is 1. The van der Waals surface area contributed by atoms with Gasteiger partial charge in [-0.05, 0) is 50.1 Å². The summed E-state index contributed by atoms with van der Waals surface area (Å²) in [6.07, 6.45) is 0.369. The molecule has 0 fully saturated rings. The lowest BCUT2D eigenvalue weighted by atomic mass is 9.98. The van der Waals surface area contributed by atoms with Crippen molar-refractivity contribution < 1.29 is 43.5 Å². The Kier molecular flexibility index (Phi) is 20.0. The molecule has 58 heavy (non-hydrogen) atoms. The van der Waals surface area contributed by atoms with Gasteiger partial charge >= 0.3 is 5.97 Å². The summed E-state index contributed by atoms with van der Waals surface area (Å²) in [7, 11) is 0. The number of unbranched alkanes of at least 4 members (excludes halogenated alkanes) is 1. The number of rotatable bonds is 25. The molecule has 316 valence electrons. The molecule has 2 aromatic carbocycles. The zero-order chi connectivity index (χ0) is 43.4. The molecule has 0 radical (unpaired) electrons. The van der Waals surface area contributed by atoms with Gasteiger partial charge in [0, 0.05) is 31.0 Å². The highest BCUT2D eigenvalue weighted by atomic mass is 16.4. The van der Waals surface area contributed by atoms with E-state index in [0.29, 0.717) is 36.0 Å². The van der Waals surface area contributed by atoms with Crippen LogP contribution < -0.4 is 49.5 Å². The summed E-state index contributed by atoms with van der Waals surface area (Å²) in [5.74, 6) is -7.23. The minimum absolute atomic E-state index is 0.0480. The standard InChI is InChI=1S/C39H56N10O9/c1-22(2)32(38(58)47-29(34(41)54)20-24-14-16-26(17-15-24)33(53)25-10-5-4-6-11-25)49-37(57)30(21-31(51)52)48-36(56)28(12-7-8-18-40)46-35(55)27(45-23(3)50)13-9-19-44-39(42)43/h4-6,10-11,14-17,22,27-30,32H,7-9,12-13,18-21,40H2,1-3H3,(H2,41,54)(H,45,50)(H,46,55)(H,47,58)(H,48,56)(H,49,57)(H,51,52)(H4,42,43,44)/t27-,28-,29-,30-,32-/m0/s1. The highest BCUT2D eigenvalue weighted by Crippen LogP contribution is 2.14. The molecule has 0 aromatic heterocycles. The predicted molar refractivity (Wildman–Crippen MR) is 214 cm³/mol. The van der Waals surface area contributed by atoms with Crippen molar-refractivity contribution in [2.24, 2.45) is 33.8 Å². The van der Waals surface area contributed by atoms with Crippen LogP contribution in [-0.2, 0) is 40.0 Å². The molecule has 2 aromatic rings. The van der Waals surface area contributed by atoms with Crippen molar-refractivity contribution in [1.29, 1.82) is 0 Å². The van der Waals surface area contributed by atoms with Crippen LogP contribution in [0.2, 0.25) is 0 Å². The molecule has 2 rings (SSSR count). The second kappa shape index (κ2) is 24.3. The van der Waals surface area contributed by atoms with Crippen LogP contribution in [0, 0.1) is 5.92 Å². The number of carboxylic acids is 1. The molecule has 0 spiro atoms. The largest absolute Gasteiger partial charge is 0.481 e. The lowest BCUT2D eigenvalue weighted by molar-refractivity contribution is -0.141. The smallest absolute Gasteiger partial charge is 0.305 e. The number of hydrogen-bond donors (Lipinski definition) is 10. The third-order valence-electron chi connectivity index (χ3n) is 8.83. The number of ketones is 1. The number of amides is 6. The summed E-state index contributed by atoms with van der Waals surface area (Å²) in [6.45, 7) is 4.86. The second-order valence-electron chi connectivity index (χ2n) is 14.0. The van der Waals surface area contributed by atoms with Crippen molar-refractivity contribution in [2.75, 3.05) is 13.1 Å². The quantitative estimate of drug-likeness (QED) is 0.0242. The molecule has 0 saturated carbocycles. The van der Waals surface area contributed by atoms with Crippen molar-refractivity contribution in [3.05, 3.63) is 71.3 Å². The average Bonchev–Trinajstić information content (AvgIpc) is 3.16. The number of carbonyl (C=O) groups excluding carboxylic acids is 7. The van der Waals surface area contributed by atoms with Gasteiger partial charge in [0.2, 0.25) is 35.4 Å². The Bertz CT molecular complexity index is 1770. The van der Waals surface area contributed by atoms with E-state index in [2.05, 4.69) is 31.6 Å². The van der Waals surface area contributed by atoms with Gasteiger partial charge < -0.3 is 54.6 Å². The van der Waals surface area contributed by atoms with E-state index < -0.39 is 84.0 Å². The fraction of sp³-hybridized carbons (Fsp3) is 0.462. The third kappa shape index (κ3) is 16.8. The summed E-state index contributed by atoms with van der Waals surface area (Å²) in [5, 5.41) is 22.2. The van der Waals surface area contributed by atoms with Crippen molar-refractivity contribution in [2.45, 2.75) is 95.9 Å². The number of aliphatic imine (C=N–C) groups is 1. The molecule has 0 aliphatic rings. The Hall–Kier alpha value is -6.37. The molecular formula is C39H56N10O9. The Morgan fingerprint density at radius 1 is 0.655 bits per heavy atom. The fourth-order valence-electron chi connectivity index (χ4n) is 5.77. The van der Waals surface area contributed by atoms with Crippen molar-refractivity contribution in [1.82, 2.24) is 26.6 Å². The molecule has 14 N–H and O–H groups in total. The number of hydrogen-bond acceptors (Lipinski definition) is 10. The first-order valence-corrected chi connectivity index (χ1v) is 18.9. The molecule has 0 saturated heterocycles. The van der Waals surface area contributed by atoms with E-state index in [0.717, 1.165) is 0 Å². The lowest BCUT2D eigenvalue weighted by Gasteiger charge is -2.28. The van der Waals surface area contributed by atoms with E-state index >= 15 is 0 Å². The highest BCUT2D eigenvalue weighted by Gasteiger charge is 2.34. The highest BCUT2D eigenvalue weighted by molar-refractivity contribution is 6.09. The normalized spacial score (nSPS) is 13.4. The number of guanidine groups is 1. The van der Waals surface area contributed by atoms with Gasteiger partial charge in [0.1, 0.15) is 30.2 Å². The van der Waals surface area contributed by atoms with Crippen LogP contribution in [0.1, 0.15) is 80.8 Å². The van der Waals surface area contributed by atoms with E-state index in [9.17, 15) is 43.5 Å². The Morgan fingerprint density at radius 3 is 1.72 bits per heavy atom. The molecule has 6 amide bonds. The van der Waals surface area contributed by atoms with Crippen LogP contribution in [0.3, 0.4) is 0 Å². The molecule has 0 heterocycles. The van der Waals surface area contributed by atoms with E-state index in [4.69, 9.17) is 22.9 Å². The van der Waals surface area contributed by atoms with Crippen LogP contribution in [0.25, 0.3) is 0 Å². The number of primary amides is 1. The van der Waals surface area contributed by atoms with E-state index in [-0.39, 0.29) is 44.1 Å². The first-order valence-electron chi connectivity index (χ1n) is 18.9. The molecule has 0 bridgehead atoms. The number of carbonyl (C=O) groups is 8. The Labute approximate surface area is 336 Å². The van der Waals surface area contributed by atoms with Crippen LogP contribution in [-0.4, -0.2) is 102 Å². The van der Waals surface area contributed by atoms with Gasteiger partial charge in [-0.3, -0.25) is 43.3 Å². The van der Waals surface area contributed by atoms with Gasteiger partial charge in [0.15, 0.2) is 11.7 Å². The Morgan fingerprint density at radius 2 is 1.19 bits per heavy atom. The van der Waals surface area contributed by atoms with Gasteiger partial charge in [0.05, 0.1) is 6.42 Å². The molecule has 5 atom stereocenters. The zero-order valence-corrected chi connectivity index (χ0v) is 33.0. The van der Waals surface area contributed by atoms with Crippen LogP contribution in [0.5, 0.6) is 0 Å². The van der Waals surface area contributed by atoms with Crippen LogP contribution in [0.15, 0.2) is 59.6 Å². The van der Waals surface area contributed by atoms with E-state index in [1.165, 1.54) is 6.92 Å². The predicted octanol–water partition coefficient (Wildman–Crippen LogP) is -1.30. The van der Waals surface area contributed by atoms with E-state index in [1.807, 2.05) is 0 Å². The number of nitrogens with one attached hydrogen (secondary N) is 5. The zero-order valence-electron chi connectivity index (χ0n) is 33.0. The molecule has 0 aliphatic carbocycles. The van der Waals surface area contributed by atoms with E-state index in [1.54, 1.807) is 68.4 Å². The van der Waals surface area contributed by atoms with Gasteiger partial charge in [0.25, 0.3) is 0 Å².